The summed E-state index contributed by atoms with van der Waals surface area (Å²) in [6.07, 6.45) is -1.13. The third kappa shape index (κ3) is 2.77. The summed E-state index contributed by atoms with van der Waals surface area (Å²) in [5.74, 6) is -7.49. The highest BCUT2D eigenvalue weighted by molar-refractivity contribution is 6.25. The zero-order chi connectivity index (χ0) is 23.7. The summed E-state index contributed by atoms with van der Waals surface area (Å²) >= 11 is 0. The molecule has 1 amide bonds. The fourth-order valence-electron chi connectivity index (χ4n) is 5.79. The number of ketones is 2. The highest BCUT2D eigenvalue weighted by Gasteiger charge is 2.67. The van der Waals surface area contributed by atoms with E-state index in [0.717, 1.165) is 0 Å². The van der Waals surface area contributed by atoms with Crippen LogP contribution in [0.1, 0.15) is 23.1 Å². The van der Waals surface area contributed by atoms with Gasteiger partial charge in [-0.25, -0.2) is 0 Å². The number of aromatic hydroxyl groups is 1. The van der Waals surface area contributed by atoms with Crippen molar-refractivity contribution in [1.82, 2.24) is 4.90 Å². The first-order valence-corrected chi connectivity index (χ1v) is 10.4. The molecule has 0 aromatic heterocycles. The molecule has 32 heavy (non-hydrogen) atoms. The number of benzene rings is 1. The molecule has 1 aromatic carbocycles. The number of nitrogens with two attached hydrogens (primary N) is 2. The molecule has 3 aliphatic rings. The number of hydrogen-bond acceptors (Lipinski definition) is 9. The molecule has 10 nitrogen and oxygen atoms in total. The van der Waals surface area contributed by atoms with Crippen LogP contribution in [0.5, 0.6) is 5.75 Å². The van der Waals surface area contributed by atoms with Crippen LogP contribution in [0.3, 0.4) is 0 Å². The Morgan fingerprint density at radius 1 is 1.25 bits per heavy atom. The van der Waals surface area contributed by atoms with Crippen molar-refractivity contribution in [2.24, 2.45) is 29.2 Å². The van der Waals surface area contributed by atoms with Crippen molar-refractivity contribution in [3.8, 4) is 5.75 Å². The molecule has 172 valence electrons. The maximum atomic E-state index is 13.6. The van der Waals surface area contributed by atoms with Crippen LogP contribution in [-0.4, -0.2) is 74.6 Å². The van der Waals surface area contributed by atoms with Crippen molar-refractivity contribution >= 4 is 23.2 Å². The van der Waals surface area contributed by atoms with Gasteiger partial charge in [0.1, 0.15) is 17.4 Å². The minimum Gasteiger partial charge on any atom is -0.507 e. The number of rotatable bonds is 3. The summed E-state index contributed by atoms with van der Waals surface area (Å²) in [6, 6.07) is 2.45. The van der Waals surface area contributed by atoms with E-state index in [0.29, 0.717) is 11.1 Å². The molecular formula is C22H27N3O7. The average Bonchev–Trinajstić information content (AvgIpc) is 2.70. The number of aliphatic hydroxyl groups excluding tert-OH is 2. The van der Waals surface area contributed by atoms with E-state index >= 15 is 0 Å². The van der Waals surface area contributed by atoms with Crippen molar-refractivity contribution in [1.29, 1.82) is 0 Å². The van der Waals surface area contributed by atoms with Crippen LogP contribution in [0.2, 0.25) is 0 Å². The molecule has 0 heterocycles. The molecule has 0 aliphatic heterocycles. The standard InChI is InChI=1S/C22H27N3O7/c1-25(2)15-11-6-10-5-8-3-4-9(7-23)16(26)12(8)17(27)13(10)19(29)22(11,32)20(30)14(18(15)28)21(24)31/h3-4,10-11,14-15,18,26-28,32H,5-7,23H2,1-2H3,(H2,24,31)/t10-,11-,14?,15-,18?,22-/m0/s1. The average molecular weight is 445 g/mol. The number of likely N-dealkylation sites (N-methyl/N-ethyl adjacent to an activating group) is 1. The maximum Gasteiger partial charge on any atom is 0.230 e. The Kier molecular flexibility index (Phi) is 5.17. The Hall–Kier alpha value is -2.79. The smallest absolute Gasteiger partial charge is 0.230 e. The van der Waals surface area contributed by atoms with E-state index in [1.54, 1.807) is 31.1 Å². The van der Waals surface area contributed by atoms with Gasteiger partial charge in [-0.05, 0) is 38.4 Å². The number of carbonyl (C=O) groups excluding carboxylic acids is 3. The van der Waals surface area contributed by atoms with Crippen LogP contribution >= 0.6 is 0 Å². The topological polar surface area (TPSA) is 187 Å². The lowest BCUT2D eigenvalue weighted by Gasteiger charge is -2.53. The van der Waals surface area contributed by atoms with Gasteiger partial charge in [-0.3, -0.25) is 14.4 Å². The summed E-state index contributed by atoms with van der Waals surface area (Å²) in [4.78, 5) is 40.3. The Balaban J connectivity index is 1.92. The Morgan fingerprint density at radius 2 is 1.91 bits per heavy atom. The van der Waals surface area contributed by atoms with Gasteiger partial charge < -0.3 is 36.8 Å². The van der Waals surface area contributed by atoms with E-state index in [-0.39, 0.29) is 36.3 Å². The molecule has 0 spiro atoms. The number of primary amides is 1. The van der Waals surface area contributed by atoms with E-state index in [9.17, 15) is 34.8 Å². The minimum absolute atomic E-state index is 0.00624. The molecule has 0 saturated heterocycles. The van der Waals surface area contributed by atoms with Crippen molar-refractivity contribution < 1.29 is 34.8 Å². The number of amides is 1. The zero-order valence-electron chi connectivity index (χ0n) is 17.8. The lowest BCUT2D eigenvalue weighted by Crippen LogP contribution is -2.73. The van der Waals surface area contributed by atoms with Crippen LogP contribution < -0.4 is 11.5 Å². The summed E-state index contributed by atoms with van der Waals surface area (Å²) in [5, 5.41) is 43.9. The maximum absolute atomic E-state index is 13.6. The largest absolute Gasteiger partial charge is 0.507 e. The first-order chi connectivity index (χ1) is 15.0. The van der Waals surface area contributed by atoms with Crippen LogP contribution in [0.15, 0.2) is 17.7 Å². The number of phenols is 1. The molecule has 3 aliphatic carbocycles. The predicted octanol–water partition coefficient (Wildman–Crippen LogP) is -1.41. The quantitative estimate of drug-likeness (QED) is 0.304. The molecule has 2 unspecified atom stereocenters. The van der Waals surface area contributed by atoms with Crippen molar-refractivity contribution in [2.45, 2.75) is 37.1 Å². The number of aliphatic hydroxyl groups is 3. The van der Waals surface area contributed by atoms with Gasteiger partial charge in [-0.15, -0.1) is 0 Å². The second-order valence-electron chi connectivity index (χ2n) is 9.10. The minimum atomic E-state index is -2.65. The van der Waals surface area contributed by atoms with Gasteiger partial charge in [0.25, 0.3) is 0 Å². The molecule has 10 heteroatoms. The van der Waals surface area contributed by atoms with E-state index in [1.165, 1.54) is 0 Å². The monoisotopic (exact) mass is 445 g/mol. The SMILES string of the molecule is CN(C)[C@@H]1C(O)C(C(N)=O)C(=O)[C@@]2(O)C(=O)C3=C(O)c4c(ccc(CN)c4O)C[C@H]3C[C@@H]12. The zero-order valence-corrected chi connectivity index (χ0v) is 17.8. The summed E-state index contributed by atoms with van der Waals surface area (Å²) in [5.41, 5.74) is 9.17. The van der Waals surface area contributed by atoms with Gasteiger partial charge in [0.2, 0.25) is 11.7 Å². The van der Waals surface area contributed by atoms with Crippen molar-refractivity contribution in [3.63, 3.8) is 0 Å². The van der Waals surface area contributed by atoms with Gasteiger partial charge in [0.05, 0.1) is 11.7 Å². The van der Waals surface area contributed by atoms with Gasteiger partial charge >= 0.3 is 0 Å². The van der Waals surface area contributed by atoms with Gasteiger partial charge in [-0.1, -0.05) is 12.1 Å². The number of nitrogens with zero attached hydrogens (tertiary/aromatic N) is 1. The fourth-order valence-corrected chi connectivity index (χ4v) is 5.79. The summed E-state index contributed by atoms with van der Waals surface area (Å²) in [6.45, 7) is 0.00624. The Morgan fingerprint density at radius 3 is 2.47 bits per heavy atom. The number of fused-ring (bicyclic) bond motifs is 3. The highest BCUT2D eigenvalue weighted by atomic mass is 16.3. The van der Waals surface area contributed by atoms with Crippen LogP contribution in [0.25, 0.3) is 5.76 Å². The predicted molar refractivity (Wildman–Crippen MR) is 112 cm³/mol. The Bertz CT molecular complexity index is 1070. The number of hydrogen-bond donors (Lipinski definition) is 6. The number of carbonyl (C=O) groups is 3. The first-order valence-electron chi connectivity index (χ1n) is 10.4. The van der Waals surface area contributed by atoms with E-state index in [4.69, 9.17) is 11.5 Å². The third-order valence-corrected chi connectivity index (χ3v) is 7.26. The molecule has 6 atom stereocenters. The molecule has 2 saturated carbocycles. The fraction of sp³-hybridized carbons (Fsp3) is 0.500. The second-order valence-corrected chi connectivity index (χ2v) is 9.10. The van der Waals surface area contributed by atoms with Gasteiger partial charge in [-0.2, -0.15) is 0 Å². The van der Waals surface area contributed by atoms with Gasteiger partial charge in [0.15, 0.2) is 11.4 Å². The summed E-state index contributed by atoms with van der Waals surface area (Å²) < 4.78 is 0. The van der Waals surface area contributed by atoms with Crippen molar-refractivity contribution in [2.75, 3.05) is 14.1 Å². The lowest BCUT2D eigenvalue weighted by molar-refractivity contribution is -0.184. The number of Topliss-reactive ketones (excluding diaryl/α,β-unsaturated/α-hetero) is 2. The Labute approximate surface area is 184 Å². The molecule has 1 aromatic rings. The summed E-state index contributed by atoms with van der Waals surface area (Å²) in [7, 11) is 3.22. The molecule has 0 bridgehead atoms. The van der Waals surface area contributed by atoms with Crippen molar-refractivity contribution in [3.05, 3.63) is 34.4 Å². The molecular weight excluding hydrogens is 418 g/mol. The number of phenolic OH excluding ortho intramolecular Hbond substituents is 1. The highest BCUT2D eigenvalue weighted by Crippen LogP contribution is 2.52. The van der Waals surface area contributed by atoms with Crippen LogP contribution in [0.4, 0.5) is 0 Å². The second kappa shape index (κ2) is 7.38. The van der Waals surface area contributed by atoms with Gasteiger partial charge in [0, 0.05) is 29.6 Å². The molecule has 2 fully saturated rings. The van der Waals surface area contributed by atoms with E-state index in [2.05, 4.69) is 0 Å². The van der Waals surface area contributed by atoms with Crippen LogP contribution in [0, 0.1) is 17.8 Å². The molecule has 0 radical (unpaired) electrons. The van der Waals surface area contributed by atoms with Crippen LogP contribution in [-0.2, 0) is 27.3 Å². The normalized spacial score (nSPS) is 34.2. The molecule has 4 rings (SSSR count). The lowest BCUT2D eigenvalue weighted by atomic mass is 9.54. The third-order valence-electron chi connectivity index (χ3n) is 7.26. The van der Waals surface area contributed by atoms with E-state index in [1.807, 2.05) is 0 Å². The first kappa shape index (κ1) is 22.4. The molecule has 8 N–H and O–H groups in total. The van der Waals surface area contributed by atoms with E-state index < -0.39 is 58.7 Å².